The molecule has 2 heterocycles. The van der Waals surface area contributed by atoms with Crippen molar-refractivity contribution in [3.8, 4) is 0 Å². The Kier molecular flexibility index (Phi) is 3.54. The van der Waals surface area contributed by atoms with Gasteiger partial charge in [0.05, 0.1) is 5.69 Å². The number of aromatic nitrogens is 2. The Morgan fingerprint density at radius 1 is 1.14 bits per heavy atom. The average molecular weight is 210 g/mol. The summed E-state index contributed by atoms with van der Waals surface area (Å²) in [7, 11) is 2.01. The number of rotatable bonds is 2. The number of nitrogens with zero attached hydrogens (tertiary/aromatic N) is 3. The molecule has 0 aliphatic heterocycles. The van der Waals surface area contributed by atoms with Crippen LogP contribution >= 0.6 is 12.4 Å². The minimum absolute atomic E-state index is 0. The second-order valence-electron chi connectivity index (χ2n) is 2.79. The summed E-state index contributed by atoms with van der Waals surface area (Å²) in [6, 6.07) is 7.94. The number of halogens is 1. The number of anilines is 1. The number of hydrogen-bond donors (Lipinski definition) is 0. The van der Waals surface area contributed by atoms with Crippen LogP contribution in [0.2, 0.25) is 0 Å². The van der Waals surface area contributed by atoms with Gasteiger partial charge in [-0.3, -0.25) is 14.7 Å². The van der Waals surface area contributed by atoms with E-state index >= 15 is 0 Å². The highest BCUT2D eigenvalue weighted by Gasteiger charge is 1.98. The maximum Gasteiger partial charge on any atom is 0.0605 e. The third-order valence-electron chi connectivity index (χ3n) is 1.97. The fraction of sp³-hybridized carbons (Fsp3) is 0.100. The highest BCUT2D eigenvalue weighted by molar-refractivity contribution is 5.85. The van der Waals surface area contributed by atoms with Crippen molar-refractivity contribution in [2.24, 2.45) is 0 Å². The smallest absolute Gasteiger partial charge is 0.0605 e. The van der Waals surface area contributed by atoms with Gasteiger partial charge in [-0.1, -0.05) is 0 Å². The van der Waals surface area contributed by atoms with Gasteiger partial charge in [0.1, 0.15) is 0 Å². The van der Waals surface area contributed by atoms with Gasteiger partial charge < -0.3 is 0 Å². The zero-order valence-corrected chi connectivity index (χ0v) is 8.69. The Morgan fingerprint density at radius 3 is 2.29 bits per heavy atom. The molecule has 0 fully saturated rings. The van der Waals surface area contributed by atoms with Gasteiger partial charge in [-0.15, -0.1) is 12.4 Å². The van der Waals surface area contributed by atoms with Crippen molar-refractivity contribution < 1.29 is 0 Å². The normalized spacial score (nSPS) is 9.21. The van der Waals surface area contributed by atoms with Gasteiger partial charge in [-0.25, -0.2) is 0 Å². The molecule has 0 aromatic carbocycles. The first-order chi connectivity index (χ1) is 6.38. The van der Waals surface area contributed by atoms with Crippen molar-refractivity contribution in [3.05, 3.63) is 49.1 Å². The fourth-order valence-electron chi connectivity index (χ4n) is 1.22. The summed E-state index contributed by atoms with van der Waals surface area (Å²) in [6.45, 7) is 0. The molecule has 3 nitrogen and oxygen atoms in total. The molecule has 0 radical (unpaired) electrons. The van der Waals surface area contributed by atoms with Crippen molar-refractivity contribution >= 4 is 18.1 Å². The molecule has 0 aliphatic carbocycles. The molecule has 0 bridgehead atoms. The molecule has 2 aromatic heterocycles. The summed E-state index contributed by atoms with van der Waals surface area (Å²) in [6.07, 6.45) is 7.57. The van der Waals surface area contributed by atoms with Crippen molar-refractivity contribution in [3.63, 3.8) is 0 Å². The molecule has 0 spiro atoms. The Bertz CT molecular complexity index is 358. The molecule has 74 valence electrons. The van der Waals surface area contributed by atoms with Gasteiger partial charge in [0.2, 0.25) is 0 Å². The average Bonchev–Trinajstić information content (AvgIpc) is 2.71. The molecule has 14 heavy (non-hydrogen) atoms. The molecule has 2 aromatic rings. The molecule has 0 saturated carbocycles. The standard InChI is InChI=1S/C10H11N3.ClH/c1-12(13-8-2-3-9-13)10-4-6-11-7-5-10;/h2-9H,1H3;1H. The minimum Gasteiger partial charge on any atom is -0.285 e. The van der Waals surface area contributed by atoms with Crippen molar-refractivity contribution in [1.82, 2.24) is 9.66 Å². The van der Waals surface area contributed by atoms with Gasteiger partial charge in [-0.2, -0.15) is 0 Å². The summed E-state index contributed by atoms with van der Waals surface area (Å²) in [5.41, 5.74) is 1.12. The van der Waals surface area contributed by atoms with Gasteiger partial charge in [0.15, 0.2) is 0 Å². The molecule has 0 N–H and O–H groups in total. The van der Waals surface area contributed by atoms with E-state index in [4.69, 9.17) is 0 Å². The zero-order valence-electron chi connectivity index (χ0n) is 7.87. The van der Waals surface area contributed by atoms with Gasteiger partial charge in [0.25, 0.3) is 0 Å². The molecule has 4 heteroatoms. The lowest BCUT2D eigenvalue weighted by atomic mass is 10.4. The summed E-state index contributed by atoms with van der Waals surface area (Å²) in [5.74, 6) is 0. The summed E-state index contributed by atoms with van der Waals surface area (Å²) in [5, 5.41) is 2.04. The predicted molar refractivity (Wildman–Crippen MR) is 59.7 cm³/mol. The first-order valence-corrected chi connectivity index (χ1v) is 4.15. The molecule has 0 saturated heterocycles. The third-order valence-corrected chi connectivity index (χ3v) is 1.97. The topological polar surface area (TPSA) is 21.1 Å². The van der Waals surface area contributed by atoms with E-state index in [-0.39, 0.29) is 12.4 Å². The molecule has 0 amide bonds. The van der Waals surface area contributed by atoms with E-state index in [0.29, 0.717) is 0 Å². The Morgan fingerprint density at radius 2 is 1.71 bits per heavy atom. The number of pyridine rings is 1. The van der Waals surface area contributed by atoms with E-state index in [9.17, 15) is 0 Å². The lowest BCUT2D eigenvalue weighted by Gasteiger charge is -2.20. The van der Waals surface area contributed by atoms with E-state index in [2.05, 4.69) is 4.98 Å². The van der Waals surface area contributed by atoms with Crippen molar-refractivity contribution in [1.29, 1.82) is 0 Å². The van der Waals surface area contributed by atoms with Crippen molar-refractivity contribution in [2.75, 3.05) is 12.1 Å². The van der Waals surface area contributed by atoms with Crippen LogP contribution < -0.4 is 5.01 Å². The Labute approximate surface area is 89.4 Å². The first-order valence-electron chi connectivity index (χ1n) is 4.15. The van der Waals surface area contributed by atoms with Crippen molar-refractivity contribution in [2.45, 2.75) is 0 Å². The monoisotopic (exact) mass is 209 g/mol. The largest absolute Gasteiger partial charge is 0.285 e. The van der Waals surface area contributed by atoms with Crippen LogP contribution in [0.4, 0.5) is 5.69 Å². The van der Waals surface area contributed by atoms with E-state index in [1.165, 1.54) is 0 Å². The van der Waals surface area contributed by atoms with E-state index in [1.54, 1.807) is 12.4 Å². The van der Waals surface area contributed by atoms with Gasteiger partial charge in [0, 0.05) is 31.8 Å². The highest BCUT2D eigenvalue weighted by Crippen LogP contribution is 2.10. The van der Waals surface area contributed by atoms with Crippen LogP contribution in [0, 0.1) is 0 Å². The minimum atomic E-state index is 0. The lowest BCUT2D eigenvalue weighted by molar-refractivity contribution is 0.779. The van der Waals surface area contributed by atoms with Gasteiger partial charge >= 0.3 is 0 Å². The second-order valence-corrected chi connectivity index (χ2v) is 2.79. The maximum absolute atomic E-state index is 3.97. The highest BCUT2D eigenvalue weighted by atomic mass is 35.5. The summed E-state index contributed by atoms with van der Waals surface area (Å²) in [4.78, 5) is 3.97. The van der Waals surface area contributed by atoms with Crippen LogP contribution in [0.25, 0.3) is 0 Å². The fourth-order valence-corrected chi connectivity index (χ4v) is 1.22. The van der Waals surface area contributed by atoms with E-state index in [0.717, 1.165) is 5.69 Å². The molecule has 0 aliphatic rings. The first kappa shape index (κ1) is 10.6. The quantitative estimate of drug-likeness (QED) is 0.756. The van der Waals surface area contributed by atoms with Crippen LogP contribution in [0.1, 0.15) is 0 Å². The zero-order chi connectivity index (χ0) is 9.10. The summed E-state index contributed by atoms with van der Waals surface area (Å²) >= 11 is 0. The van der Waals surface area contributed by atoms with E-state index in [1.807, 2.05) is 53.4 Å². The molecule has 2 rings (SSSR count). The van der Waals surface area contributed by atoms with Crippen LogP contribution in [-0.4, -0.2) is 16.7 Å². The lowest BCUT2D eigenvalue weighted by Crippen LogP contribution is -2.22. The van der Waals surface area contributed by atoms with Crippen LogP contribution in [0.5, 0.6) is 0 Å². The molecular weight excluding hydrogens is 198 g/mol. The number of hydrogen-bond acceptors (Lipinski definition) is 2. The van der Waals surface area contributed by atoms with Crippen LogP contribution in [-0.2, 0) is 0 Å². The summed E-state index contributed by atoms with van der Waals surface area (Å²) < 4.78 is 2.01. The predicted octanol–water partition coefficient (Wildman–Crippen LogP) is 2.20. The Balaban J connectivity index is 0.000000980. The van der Waals surface area contributed by atoms with E-state index < -0.39 is 0 Å². The van der Waals surface area contributed by atoms with Crippen LogP contribution in [0.15, 0.2) is 49.1 Å². The molecule has 0 unspecified atom stereocenters. The molecular formula is C10H12ClN3. The van der Waals surface area contributed by atoms with Gasteiger partial charge in [-0.05, 0) is 24.3 Å². The third kappa shape index (κ3) is 2.06. The maximum atomic E-state index is 3.97. The second kappa shape index (κ2) is 4.67. The molecule has 0 atom stereocenters. The van der Waals surface area contributed by atoms with Crippen LogP contribution in [0.3, 0.4) is 0 Å². The SMILES string of the molecule is CN(c1ccncc1)n1cccc1.Cl. The Hall–Kier alpha value is -1.48.